The summed E-state index contributed by atoms with van der Waals surface area (Å²) in [5, 5.41) is 0. The molecular formula is C15H21N3. The Bertz CT molecular complexity index is 524. The summed E-state index contributed by atoms with van der Waals surface area (Å²) in [7, 11) is 0. The van der Waals surface area contributed by atoms with Crippen molar-refractivity contribution in [2.75, 3.05) is 19.6 Å². The number of imidazole rings is 1. The van der Waals surface area contributed by atoms with Crippen molar-refractivity contribution in [2.24, 2.45) is 0 Å². The Morgan fingerprint density at radius 3 is 2.89 bits per heavy atom. The SMILES string of the molecule is Cc1ccn2cc(CCN3CCCCC3)nc2c1. The molecule has 0 amide bonds. The molecule has 96 valence electrons. The van der Waals surface area contributed by atoms with Crippen molar-refractivity contribution in [1.29, 1.82) is 0 Å². The zero-order chi connectivity index (χ0) is 12.4. The van der Waals surface area contributed by atoms with E-state index in [0.29, 0.717) is 0 Å². The van der Waals surface area contributed by atoms with Crippen LogP contribution in [0.15, 0.2) is 24.5 Å². The smallest absolute Gasteiger partial charge is 0.137 e. The van der Waals surface area contributed by atoms with E-state index in [4.69, 9.17) is 4.98 Å². The van der Waals surface area contributed by atoms with Crippen molar-refractivity contribution in [3.8, 4) is 0 Å². The molecule has 2 aromatic heterocycles. The zero-order valence-electron chi connectivity index (χ0n) is 11.1. The molecule has 0 saturated carbocycles. The average molecular weight is 243 g/mol. The first-order valence-corrected chi connectivity index (χ1v) is 6.98. The van der Waals surface area contributed by atoms with Gasteiger partial charge in [-0.1, -0.05) is 6.42 Å². The predicted molar refractivity (Wildman–Crippen MR) is 73.9 cm³/mol. The predicted octanol–water partition coefficient (Wildman–Crippen LogP) is 2.67. The van der Waals surface area contributed by atoms with E-state index in [1.54, 1.807) is 0 Å². The Morgan fingerprint density at radius 1 is 1.22 bits per heavy atom. The first kappa shape index (κ1) is 11.7. The van der Waals surface area contributed by atoms with Gasteiger partial charge in [-0.3, -0.25) is 0 Å². The fraction of sp³-hybridized carbons (Fsp3) is 0.533. The first-order valence-electron chi connectivity index (χ1n) is 6.98. The van der Waals surface area contributed by atoms with Gasteiger partial charge in [-0.05, 0) is 50.6 Å². The lowest BCUT2D eigenvalue weighted by atomic mass is 10.1. The highest BCUT2D eigenvalue weighted by Crippen LogP contribution is 2.11. The van der Waals surface area contributed by atoms with Gasteiger partial charge in [0.15, 0.2) is 0 Å². The van der Waals surface area contributed by atoms with Gasteiger partial charge in [0.25, 0.3) is 0 Å². The summed E-state index contributed by atoms with van der Waals surface area (Å²) in [5.41, 5.74) is 3.56. The van der Waals surface area contributed by atoms with Gasteiger partial charge < -0.3 is 9.30 Å². The fourth-order valence-corrected chi connectivity index (χ4v) is 2.71. The molecule has 18 heavy (non-hydrogen) atoms. The normalized spacial score (nSPS) is 17.4. The average Bonchev–Trinajstić information content (AvgIpc) is 2.79. The maximum atomic E-state index is 4.69. The second kappa shape index (κ2) is 5.11. The van der Waals surface area contributed by atoms with Gasteiger partial charge in [0.1, 0.15) is 5.65 Å². The van der Waals surface area contributed by atoms with Crippen molar-refractivity contribution in [2.45, 2.75) is 32.6 Å². The minimum absolute atomic E-state index is 1.07. The number of fused-ring (bicyclic) bond motifs is 1. The molecule has 1 saturated heterocycles. The third-order valence-corrected chi connectivity index (χ3v) is 3.80. The lowest BCUT2D eigenvalue weighted by Crippen LogP contribution is -2.31. The highest BCUT2D eigenvalue weighted by molar-refractivity contribution is 5.42. The van der Waals surface area contributed by atoms with Crippen LogP contribution in [0, 0.1) is 6.92 Å². The molecule has 0 aromatic carbocycles. The molecular weight excluding hydrogens is 222 g/mol. The highest BCUT2D eigenvalue weighted by atomic mass is 15.1. The summed E-state index contributed by atoms with van der Waals surface area (Å²) >= 11 is 0. The number of hydrogen-bond donors (Lipinski definition) is 0. The van der Waals surface area contributed by atoms with Crippen LogP contribution in [0.4, 0.5) is 0 Å². The molecule has 1 fully saturated rings. The van der Waals surface area contributed by atoms with Crippen LogP contribution in [0.5, 0.6) is 0 Å². The van der Waals surface area contributed by atoms with Gasteiger partial charge in [-0.25, -0.2) is 4.98 Å². The van der Waals surface area contributed by atoms with Gasteiger partial charge in [0.2, 0.25) is 0 Å². The van der Waals surface area contributed by atoms with Crippen LogP contribution in [0.25, 0.3) is 5.65 Å². The molecule has 1 aliphatic rings. The van der Waals surface area contributed by atoms with Crippen LogP contribution < -0.4 is 0 Å². The van der Waals surface area contributed by atoms with E-state index in [1.807, 2.05) is 0 Å². The second-order valence-electron chi connectivity index (χ2n) is 5.35. The molecule has 0 radical (unpaired) electrons. The lowest BCUT2D eigenvalue weighted by molar-refractivity contribution is 0.231. The van der Waals surface area contributed by atoms with Crippen LogP contribution in [0.1, 0.15) is 30.5 Å². The van der Waals surface area contributed by atoms with E-state index in [2.05, 4.69) is 40.8 Å². The number of rotatable bonds is 3. The number of likely N-dealkylation sites (tertiary alicyclic amines) is 1. The number of nitrogens with zero attached hydrogens (tertiary/aromatic N) is 3. The van der Waals surface area contributed by atoms with E-state index < -0.39 is 0 Å². The summed E-state index contributed by atoms with van der Waals surface area (Å²) in [5.74, 6) is 0. The minimum atomic E-state index is 1.07. The van der Waals surface area contributed by atoms with Crippen molar-refractivity contribution >= 4 is 5.65 Å². The number of aryl methyl sites for hydroxylation is 1. The molecule has 0 aliphatic carbocycles. The van der Waals surface area contributed by atoms with E-state index in [0.717, 1.165) is 18.6 Å². The molecule has 0 bridgehead atoms. The maximum absolute atomic E-state index is 4.69. The van der Waals surface area contributed by atoms with E-state index in [9.17, 15) is 0 Å². The minimum Gasteiger partial charge on any atom is -0.307 e. The van der Waals surface area contributed by atoms with E-state index in [1.165, 1.54) is 43.6 Å². The number of aromatic nitrogens is 2. The summed E-state index contributed by atoms with van der Waals surface area (Å²) in [6, 6.07) is 4.27. The van der Waals surface area contributed by atoms with Crippen molar-refractivity contribution < 1.29 is 0 Å². The Labute approximate surface area is 108 Å². The monoisotopic (exact) mass is 243 g/mol. The van der Waals surface area contributed by atoms with Crippen LogP contribution in [0.2, 0.25) is 0 Å². The maximum Gasteiger partial charge on any atom is 0.137 e. The molecule has 3 rings (SSSR count). The summed E-state index contributed by atoms with van der Waals surface area (Å²) in [6.45, 7) is 5.81. The van der Waals surface area contributed by atoms with Gasteiger partial charge >= 0.3 is 0 Å². The molecule has 3 nitrogen and oxygen atoms in total. The van der Waals surface area contributed by atoms with E-state index >= 15 is 0 Å². The summed E-state index contributed by atoms with van der Waals surface area (Å²) in [6.07, 6.45) is 9.47. The quantitative estimate of drug-likeness (QED) is 0.826. The third-order valence-electron chi connectivity index (χ3n) is 3.80. The Morgan fingerprint density at radius 2 is 2.06 bits per heavy atom. The second-order valence-corrected chi connectivity index (χ2v) is 5.35. The summed E-state index contributed by atoms with van der Waals surface area (Å²) in [4.78, 5) is 7.26. The number of piperidine rings is 1. The Kier molecular flexibility index (Phi) is 3.33. The van der Waals surface area contributed by atoms with Crippen molar-refractivity contribution in [3.63, 3.8) is 0 Å². The fourth-order valence-electron chi connectivity index (χ4n) is 2.71. The largest absolute Gasteiger partial charge is 0.307 e. The molecule has 1 aliphatic heterocycles. The van der Waals surface area contributed by atoms with Crippen LogP contribution >= 0.6 is 0 Å². The van der Waals surface area contributed by atoms with Gasteiger partial charge in [0, 0.05) is 25.4 Å². The highest BCUT2D eigenvalue weighted by Gasteiger charge is 2.10. The number of hydrogen-bond acceptors (Lipinski definition) is 2. The van der Waals surface area contributed by atoms with Crippen LogP contribution in [-0.2, 0) is 6.42 Å². The summed E-state index contributed by atoms with van der Waals surface area (Å²) < 4.78 is 2.12. The standard InChI is InChI=1S/C15H21N3/c1-13-5-10-18-12-14(16-15(18)11-13)6-9-17-7-3-2-4-8-17/h5,10-12H,2-4,6-9H2,1H3. The Hall–Kier alpha value is -1.35. The molecule has 3 heteroatoms. The van der Waals surface area contributed by atoms with Crippen molar-refractivity contribution in [3.05, 3.63) is 35.8 Å². The first-order chi connectivity index (χ1) is 8.81. The lowest BCUT2D eigenvalue weighted by Gasteiger charge is -2.25. The van der Waals surface area contributed by atoms with Gasteiger partial charge in [0.05, 0.1) is 5.69 Å². The molecule has 0 spiro atoms. The Balaban J connectivity index is 1.67. The zero-order valence-corrected chi connectivity index (χ0v) is 11.1. The molecule has 0 N–H and O–H groups in total. The van der Waals surface area contributed by atoms with Gasteiger partial charge in [-0.2, -0.15) is 0 Å². The molecule has 0 atom stereocenters. The topological polar surface area (TPSA) is 20.5 Å². The van der Waals surface area contributed by atoms with Gasteiger partial charge in [-0.15, -0.1) is 0 Å². The number of pyridine rings is 1. The van der Waals surface area contributed by atoms with Crippen LogP contribution in [0.3, 0.4) is 0 Å². The molecule has 2 aromatic rings. The molecule has 3 heterocycles. The van der Waals surface area contributed by atoms with Crippen molar-refractivity contribution in [1.82, 2.24) is 14.3 Å². The molecule has 0 unspecified atom stereocenters. The van der Waals surface area contributed by atoms with E-state index in [-0.39, 0.29) is 0 Å². The van der Waals surface area contributed by atoms with Crippen LogP contribution in [-0.4, -0.2) is 33.9 Å². The third kappa shape index (κ3) is 2.56.